The zero-order valence-corrected chi connectivity index (χ0v) is 14.8. The van der Waals surface area contributed by atoms with Crippen molar-refractivity contribution < 1.29 is 24.3 Å². The maximum Gasteiger partial charge on any atom is 0.262 e. The third-order valence-corrected chi connectivity index (χ3v) is 5.61. The molecule has 2 atom stereocenters. The Morgan fingerprint density at radius 1 is 1.07 bits per heavy atom. The molecule has 8 nitrogen and oxygen atoms in total. The highest BCUT2D eigenvalue weighted by Gasteiger charge is 2.44. The van der Waals surface area contributed by atoms with Crippen LogP contribution in [-0.4, -0.2) is 59.4 Å². The highest BCUT2D eigenvalue weighted by molar-refractivity contribution is 6.23. The fraction of sp³-hybridized carbons (Fsp3) is 0.474. The van der Waals surface area contributed by atoms with Crippen LogP contribution in [0.15, 0.2) is 18.2 Å². The van der Waals surface area contributed by atoms with Crippen molar-refractivity contribution in [1.82, 2.24) is 10.2 Å². The molecule has 1 aromatic carbocycles. The molecular weight excluding hydrogens is 350 g/mol. The van der Waals surface area contributed by atoms with Crippen LogP contribution in [0.25, 0.3) is 0 Å². The van der Waals surface area contributed by atoms with Crippen molar-refractivity contribution in [1.29, 1.82) is 0 Å². The van der Waals surface area contributed by atoms with Gasteiger partial charge in [0.25, 0.3) is 11.8 Å². The van der Waals surface area contributed by atoms with Gasteiger partial charge in [-0.3, -0.25) is 29.4 Å². The van der Waals surface area contributed by atoms with Gasteiger partial charge in [-0.25, -0.2) is 0 Å². The fourth-order valence-corrected chi connectivity index (χ4v) is 4.14. The van der Waals surface area contributed by atoms with Crippen LogP contribution in [0.2, 0.25) is 0 Å². The molecule has 0 spiro atoms. The molecule has 142 valence electrons. The summed E-state index contributed by atoms with van der Waals surface area (Å²) < 4.78 is 0. The van der Waals surface area contributed by atoms with Crippen LogP contribution >= 0.6 is 0 Å². The van der Waals surface area contributed by atoms with E-state index >= 15 is 0 Å². The van der Waals surface area contributed by atoms with E-state index in [-0.39, 0.29) is 25.4 Å². The van der Waals surface area contributed by atoms with E-state index in [0.29, 0.717) is 17.0 Å². The lowest BCUT2D eigenvalue weighted by molar-refractivity contribution is -0.136. The van der Waals surface area contributed by atoms with Gasteiger partial charge in [0.15, 0.2) is 0 Å². The van der Waals surface area contributed by atoms with Gasteiger partial charge in [-0.2, -0.15) is 0 Å². The summed E-state index contributed by atoms with van der Waals surface area (Å²) in [5.41, 5.74) is 1.45. The predicted octanol–water partition coefficient (Wildman–Crippen LogP) is 0.296. The van der Waals surface area contributed by atoms with Crippen LogP contribution in [0, 0.1) is 5.92 Å². The van der Waals surface area contributed by atoms with Crippen molar-refractivity contribution in [2.75, 3.05) is 24.6 Å². The van der Waals surface area contributed by atoms with E-state index in [1.165, 1.54) is 0 Å². The minimum absolute atomic E-state index is 0.106. The van der Waals surface area contributed by atoms with Gasteiger partial charge in [0, 0.05) is 31.8 Å². The highest BCUT2D eigenvalue weighted by Crippen LogP contribution is 2.32. The summed E-state index contributed by atoms with van der Waals surface area (Å²) in [6, 6.07) is 4.22. The summed E-state index contributed by atoms with van der Waals surface area (Å²) in [4.78, 5) is 52.1. The van der Waals surface area contributed by atoms with E-state index in [9.17, 15) is 19.2 Å². The quantitative estimate of drug-likeness (QED) is 0.737. The molecule has 3 aliphatic heterocycles. The van der Waals surface area contributed by atoms with Gasteiger partial charge in [0.05, 0.1) is 11.1 Å². The number of benzene rings is 1. The van der Waals surface area contributed by atoms with Gasteiger partial charge in [-0.05, 0) is 43.4 Å². The summed E-state index contributed by atoms with van der Waals surface area (Å²) in [5.74, 6) is -1.55. The number of aliphatic hydroxyl groups is 1. The summed E-state index contributed by atoms with van der Waals surface area (Å²) in [5, 5.41) is 11.3. The molecule has 2 N–H and O–H groups in total. The molecule has 2 fully saturated rings. The number of carbonyl (C=O) groups is 4. The molecule has 27 heavy (non-hydrogen) atoms. The second-order valence-corrected chi connectivity index (χ2v) is 7.29. The Balaban J connectivity index is 1.57. The SMILES string of the molecule is O=C1CCC(N2C(=O)c3ccc(N4CCC(CCO)C4)cc3C2=O)C(=O)N1. The molecule has 8 heteroatoms. The van der Waals surface area contributed by atoms with E-state index < -0.39 is 23.8 Å². The van der Waals surface area contributed by atoms with Crippen molar-refractivity contribution >= 4 is 29.3 Å². The number of aliphatic hydroxyl groups excluding tert-OH is 1. The maximum atomic E-state index is 12.9. The lowest BCUT2D eigenvalue weighted by atomic mass is 10.0. The standard InChI is InChI=1S/C19H21N3O5/c23-8-6-11-5-7-21(10-11)12-1-2-13-14(9-12)19(27)22(18(13)26)15-3-4-16(24)20-17(15)25/h1-2,9,11,15,23H,3-8,10H2,(H,20,24,25). The van der Waals surface area contributed by atoms with Crippen LogP contribution in [0.1, 0.15) is 46.4 Å². The lowest BCUT2D eigenvalue weighted by Crippen LogP contribution is -2.54. The Bertz CT molecular complexity index is 837. The van der Waals surface area contributed by atoms with E-state index in [1.54, 1.807) is 12.1 Å². The average molecular weight is 371 g/mol. The first-order valence-electron chi connectivity index (χ1n) is 9.21. The summed E-state index contributed by atoms with van der Waals surface area (Å²) in [6.45, 7) is 1.80. The van der Waals surface area contributed by atoms with Crippen LogP contribution in [0.4, 0.5) is 5.69 Å². The van der Waals surface area contributed by atoms with E-state index in [2.05, 4.69) is 10.2 Å². The number of piperidine rings is 1. The van der Waals surface area contributed by atoms with Gasteiger partial charge < -0.3 is 10.0 Å². The van der Waals surface area contributed by atoms with E-state index in [0.717, 1.165) is 36.5 Å². The molecule has 0 aliphatic carbocycles. The van der Waals surface area contributed by atoms with Gasteiger partial charge >= 0.3 is 0 Å². The molecule has 3 heterocycles. The number of rotatable bonds is 4. The number of fused-ring (bicyclic) bond motifs is 1. The van der Waals surface area contributed by atoms with Crippen LogP contribution in [0.5, 0.6) is 0 Å². The molecule has 0 radical (unpaired) electrons. The van der Waals surface area contributed by atoms with Crippen molar-refractivity contribution in [3.05, 3.63) is 29.3 Å². The normalized spacial score (nSPS) is 25.2. The molecule has 2 unspecified atom stereocenters. The Hall–Kier alpha value is -2.74. The zero-order valence-electron chi connectivity index (χ0n) is 14.8. The van der Waals surface area contributed by atoms with Crippen molar-refractivity contribution in [2.45, 2.75) is 31.7 Å². The molecule has 1 aromatic rings. The monoisotopic (exact) mass is 371 g/mol. The Morgan fingerprint density at radius 3 is 2.59 bits per heavy atom. The summed E-state index contributed by atoms with van der Waals surface area (Å²) in [7, 11) is 0. The van der Waals surface area contributed by atoms with Crippen LogP contribution in [-0.2, 0) is 9.59 Å². The van der Waals surface area contributed by atoms with Gasteiger partial charge in [-0.15, -0.1) is 0 Å². The second-order valence-electron chi connectivity index (χ2n) is 7.29. The Kier molecular flexibility index (Phi) is 4.43. The van der Waals surface area contributed by atoms with Crippen molar-refractivity contribution in [3.63, 3.8) is 0 Å². The van der Waals surface area contributed by atoms with Crippen LogP contribution < -0.4 is 10.2 Å². The summed E-state index contributed by atoms with van der Waals surface area (Å²) in [6.07, 6.45) is 1.99. The minimum Gasteiger partial charge on any atom is -0.396 e. The Labute approximate surface area is 156 Å². The smallest absolute Gasteiger partial charge is 0.262 e. The minimum atomic E-state index is -0.945. The zero-order chi connectivity index (χ0) is 19.1. The highest BCUT2D eigenvalue weighted by atomic mass is 16.3. The van der Waals surface area contributed by atoms with Gasteiger partial charge in [0.2, 0.25) is 11.8 Å². The fourth-order valence-electron chi connectivity index (χ4n) is 4.14. The van der Waals surface area contributed by atoms with E-state index in [4.69, 9.17) is 5.11 Å². The maximum absolute atomic E-state index is 12.9. The molecule has 2 saturated heterocycles. The first kappa shape index (κ1) is 17.7. The lowest BCUT2D eigenvalue weighted by Gasteiger charge is -2.27. The number of nitrogens with zero attached hydrogens (tertiary/aromatic N) is 2. The third-order valence-electron chi connectivity index (χ3n) is 5.61. The first-order valence-corrected chi connectivity index (χ1v) is 9.21. The molecule has 0 aromatic heterocycles. The van der Waals surface area contributed by atoms with Crippen molar-refractivity contribution in [2.24, 2.45) is 5.92 Å². The summed E-state index contributed by atoms with van der Waals surface area (Å²) >= 11 is 0. The molecule has 0 bridgehead atoms. The second kappa shape index (κ2) is 6.77. The molecule has 0 saturated carbocycles. The predicted molar refractivity (Wildman–Crippen MR) is 95.1 cm³/mol. The molecule has 4 rings (SSSR count). The number of hydrogen-bond donors (Lipinski definition) is 2. The van der Waals surface area contributed by atoms with Crippen LogP contribution in [0.3, 0.4) is 0 Å². The number of amides is 4. The Morgan fingerprint density at radius 2 is 1.85 bits per heavy atom. The molecular formula is C19H21N3O5. The third kappa shape index (κ3) is 2.99. The van der Waals surface area contributed by atoms with Crippen molar-refractivity contribution in [3.8, 4) is 0 Å². The van der Waals surface area contributed by atoms with E-state index in [1.807, 2.05) is 6.07 Å². The van der Waals surface area contributed by atoms with Gasteiger partial charge in [-0.1, -0.05) is 0 Å². The number of imide groups is 2. The average Bonchev–Trinajstić information content (AvgIpc) is 3.20. The molecule has 4 amide bonds. The number of nitrogens with one attached hydrogen (secondary N) is 1. The first-order chi connectivity index (χ1) is 13.0. The largest absolute Gasteiger partial charge is 0.396 e. The number of anilines is 1. The van der Waals surface area contributed by atoms with Gasteiger partial charge in [0.1, 0.15) is 6.04 Å². The topological polar surface area (TPSA) is 107 Å². The number of carbonyl (C=O) groups excluding carboxylic acids is 4. The number of hydrogen-bond acceptors (Lipinski definition) is 6. The molecule has 3 aliphatic rings.